The highest BCUT2D eigenvalue weighted by molar-refractivity contribution is 5.85. The molecule has 1 amide bonds. The first-order valence-electron chi connectivity index (χ1n) is 11.0. The summed E-state index contributed by atoms with van der Waals surface area (Å²) in [7, 11) is 0. The maximum Gasteiger partial charge on any atom is 0.410 e. The standard InChI is InChI=1S/C26H24N4O2.2ClH/c31-26(30-14-11-27-15-24(30)18-9-10-25-28-12-13-29(25)16-18)32-17-23-21-7-3-1-5-19(21)20-6-2-4-8-22(20)23;;/h1-10,12-13,16,23-24,27H,11,14-15,17H2;2*1H. The zero-order chi connectivity index (χ0) is 21.5. The summed E-state index contributed by atoms with van der Waals surface area (Å²) < 4.78 is 7.93. The SMILES string of the molecule is Cl.Cl.O=C(OCC1c2ccccc2-c2ccccc21)N1CCNCC1c1ccc2nccn2c1. The van der Waals surface area contributed by atoms with Crippen molar-refractivity contribution >= 4 is 36.6 Å². The van der Waals surface area contributed by atoms with Crippen LogP contribution < -0.4 is 5.32 Å². The van der Waals surface area contributed by atoms with Gasteiger partial charge in [-0.1, -0.05) is 54.6 Å². The Labute approximate surface area is 210 Å². The summed E-state index contributed by atoms with van der Waals surface area (Å²) in [6.07, 6.45) is 5.49. The van der Waals surface area contributed by atoms with E-state index < -0.39 is 0 Å². The molecule has 6 nitrogen and oxygen atoms in total. The predicted octanol–water partition coefficient (Wildman–Crippen LogP) is 5.07. The normalized spacial score (nSPS) is 16.8. The number of carbonyl (C=O) groups is 1. The number of nitrogens with one attached hydrogen (secondary N) is 1. The molecule has 2 aromatic heterocycles. The number of carbonyl (C=O) groups excluding carboxylic acids is 1. The molecule has 1 aliphatic carbocycles. The highest BCUT2D eigenvalue weighted by atomic mass is 35.5. The molecule has 1 N–H and O–H groups in total. The average Bonchev–Trinajstić information content (AvgIpc) is 3.45. The molecule has 1 saturated heterocycles. The Bertz CT molecular complexity index is 1260. The second-order valence-corrected chi connectivity index (χ2v) is 8.37. The summed E-state index contributed by atoms with van der Waals surface area (Å²) in [6, 6.07) is 20.8. The predicted molar refractivity (Wildman–Crippen MR) is 137 cm³/mol. The number of ether oxygens (including phenoxy) is 1. The minimum Gasteiger partial charge on any atom is -0.448 e. The third-order valence-corrected chi connectivity index (χ3v) is 6.61. The van der Waals surface area contributed by atoms with Crippen LogP contribution in [0, 0.1) is 0 Å². The lowest BCUT2D eigenvalue weighted by Gasteiger charge is -2.36. The lowest BCUT2D eigenvalue weighted by atomic mass is 9.98. The van der Waals surface area contributed by atoms with Gasteiger partial charge in [0.25, 0.3) is 0 Å². The molecule has 0 spiro atoms. The largest absolute Gasteiger partial charge is 0.448 e. The van der Waals surface area contributed by atoms with Crippen LogP contribution in [0.4, 0.5) is 4.79 Å². The first-order valence-corrected chi connectivity index (χ1v) is 11.0. The molecule has 1 unspecified atom stereocenters. The van der Waals surface area contributed by atoms with Gasteiger partial charge in [-0.3, -0.25) is 4.90 Å². The number of piperazine rings is 1. The number of nitrogens with zero attached hydrogens (tertiary/aromatic N) is 3. The molecule has 2 aliphatic rings. The number of halogens is 2. The molecule has 176 valence electrons. The molecule has 8 heteroatoms. The maximum absolute atomic E-state index is 13.2. The Morgan fingerprint density at radius 2 is 1.71 bits per heavy atom. The molecule has 0 bridgehead atoms. The second-order valence-electron chi connectivity index (χ2n) is 8.37. The van der Waals surface area contributed by atoms with Crippen molar-refractivity contribution in [1.82, 2.24) is 19.6 Å². The number of imidazole rings is 1. The van der Waals surface area contributed by atoms with Crippen molar-refractivity contribution in [3.63, 3.8) is 0 Å². The van der Waals surface area contributed by atoms with E-state index in [1.165, 1.54) is 22.3 Å². The van der Waals surface area contributed by atoms with E-state index in [1.54, 1.807) is 6.20 Å². The molecule has 6 rings (SSSR count). The van der Waals surface area contributed by atoms with Crippen LogP contribution >= 0.6 is 24.8 Å². The molecule has 0 radical (unpaired) electrons. The van der Waals surface area contributed by atoms with Crippen LogP contribution in [0.25, 0.3) is 16.8 Å². The minimum absolute atomic E-state index is 0. The average molecular weight is 497 g/mol. The van der Waals surface area contributed by atoms with Gasteiger partial charge >= 0.3 is 6.09 Å². The summed E-state index contributed by atoms with van der Waals surface area (Å²) in [6.45, 7) is 2.41. The topological polar surface area (TPSA) is 58.9 Å². The fraction of sp³-hybridized carbons (Fsp3) is 0.231. The van der Waals surface area contributed by atoms with Gasteiger partial charge in [0, 0.05) is 44.1 Å². The van der Waals surface area contributed by atoms with Crippen LogP contribution in [0.15, 0.2) is 79.3 Å². The van der Waals surface area contributed by atoms with Crippen molar-refractivity contribution in [1.29, 1.82) is 0 Å². The molecule has 34 heavy (non-hydrogen) atoms. The summed E-state index contributed by atoms with van der Waals surface area (Å²) in [5, 5.41) is 3.41. The number of fused-ring (bicyclic) bond motifs is 4. The number of amides is 1. The highest BCUT2D eigenvalue weighted by Gasteiger charge is 2.32. The van der Waals surface area contributed by atoms with Crippen LogP contribution in [-0.4, -0.2) is 46.6 Å². The molecule has 4 aromatic rings. The van der Waals surface area contributed by atoms with E-state index in [0.717, 1.165) is 17.8 Å². The van der Waals surface area contributed by atoms with Gasteiger partial charge in [0.15, 0.2) is 0 Å². The first kappa shape index (κ1) is 24.1. The zero-order valence-electron chi connectivity index (χ0n) is 18.5. The van der Waals surface area contributed by atoms with Gasteiger partial charge in [0.1, 0.15) is 12.3 Å². The fourth-order valence-electron chi connectivity index (χ4n) is 5.03. The van der Waals surface area contributed by atoms with E-state index in [4.69, 9.17) is 4.74 Å². The first-order chi connectivity index (χ1) is 15.8. The molecular formula is C26H26Cl2N4O2. The van der Waals surface area contributed by atoms with Crippen molar-refractivity contribution in [3.8, 4) is 11.1 Å². The summed E-state index contributed by atoms with van der Waals surface area (Å²) in [4.78, 5) is 19.4. The highest BCUT2D eigenvalue weighted by Crippen LogP contribution is 2.44. The minimum atomic E-state index is -0.260. The van der Waals surface area contributed by atoms with E-state index in [0.29, 0.717) is 19.7 Å². The van der Waals surface area contributed by atoms with Crippen LogP contribution in [0.3, 0.4) is 0 Å². The lowest BCUT2D eigenvalue weighted by Crippen LogP contribution is -2.49. The van der Waals surface area contributed by atoms with Crippen LogP contribution in [0.5, 0.6) is 0 Å². The molecule has 3 heterocycles. The van der Waals surface area contributed by atoms with Crippen molar-refractivity contribution in [2.75, 3.05) is 26.2 Å². The third-order valence-electron chi connectivity index (χ3n) is 6.61. The van der Waals surface area contributed by atoms with Crippen molar-refractivity contribution in [2.45, 2.75) is 12.0 Å². The van der Waals surface area contributed by atoms with Gasteiger partial charge < -0.3 is 14.5 Å². The molecule has 1 fully saturated rings. The number of benzene rings is 2. The Kier molecular flexibility index (Phi) is 7.12. The quantitative estimate of drug-likeness (QED) is 0.429. The van der Waals surface area contributed by atoms with E-state index in [9.17, 15) is 4.79 Å². The van der Waals surface area contributed by atoms with Crippen LogP contribution in [0.1, 0.15) is 28.7 Å². The molecule has 0 saturated carbocycles. The summed E-state index contributed by atoms with van der Waals surface area (Å²) in [5.74, 6) is 0.0648. The Hall–Kier alpha value is -3.06. The van der Waals surface area contributed by atoms with Gasteiger partial charge in [0.2, 0.25) is 0 Å². The van der Waals surface area contributed by atoms with E-state index in [-0.39, 0.29) is 42.9 Å². The number of aromatic nitrogens is 2. The second kappa shape index (κ2) is 10.1. The molecule has 1 atom stereocenters. The third kappa shape index (κ3) is 4.13. The number of hydrogen-bond donors (Lipinski definition) is 1. The molecular weight excluding hydrogens is 471 g/mol. The van der Waals surface area contributed by atoms with Crippen molar-refractivity contribution in [3.05, 3.63) is 95.9 Å². The summed E-state index contributed by atoms with van der Waals surface area (Å²) >= 11 is 0. The van der Waals surface area contributed by atoms with E-state index >= 15 is 0 Å². The van der Waals surface area contributed by atoms with Gasteiger partial charge in [0.05, 0.1) is 6.04 Å². The van der Waals surface area contributed by atoms with Crippen LogP contribution in [-0.2, 0) is 4.74 Å². The van der Waals surface area contributed by atoms with E-state index in [2.05, 4.69) is 58.8 Å². The fourth-order valence-corrected chi connectivity index (χ4v) is 5.03. The maximum atomic E-state index is 13.2. The Morgan fingerprint density at radius 1 is 1.00 bits per heavy atom. The molecule has 2 aromatic carbocycles. The molecule has 1 aliphatic heterocycles. The number of rotatable bonds is 3. The number of pyridine rings is 1. The summed E-state index contributed by atoms with van der Waals surface area (Å²) in [5.41, 5.74) is 6.88. The lowest BCUT2D eigenvalue weighted by molar-refractivity contribution is 0.0752. The van der Waals surface area contributed by atoms with Crippen LogP contribution in [0.2, 0.25) is 0 Å². The number of hydrogen-bond acceptors (Lipinski definition) is 4. The van der Waals surface area contributed by atoms with Gasteiger partial charge in [-0.25, -0.2) is 9.78 Å². The monoisotopic (exact) mass is 496 g/mol. The van der Waals surface area contributed by atoms with Gasteiger partial charge in [-0.2, -0.15) is 0 Å². The van der Waals surface area contributed by atoms with Crippen molar-refractivity contribution < 1.29 is 9.53 Å². The Morgan fingerprint density at radius 3 is 2.44 bits per heavy atom. The Balaban J connectivity index is 0.00000137. The van der Waals surface area contributed by atoms with E-state index in [1.807, 2.05) is 33.8 Å². The smallest absolute Gasteiger partial charge is 0.410 e. The van der Waals surface area contributed by atoms with Gasteiger partial charge in [-0.05, 0) is 33.9 Å². The zero-order valence-corrected chi connectivity index (χ0v) is 20.1. The van der Waals surface area contributed by atoms with Crippen molar-refractivity contribution in [2.24, 2.45) is 0 Å². The van der Waals surface area contributed by atoms with Gasteiger partial charge in [-0.15, -0.1) is 24.8 Å².